The van der Waals surface area contributed by atoms with E-state index in [1.165, 1.54) is 66.3 Å². The number of nitrogens with zero attached hydrogens (tertiary/aromatic N) is 2. The van der Waals surface area contributed by atoms with Crippen LogP contribution in [-0.2, 0) is 0 Å². The Hall–Kier alpha value is -3.40. The lowest BCUT2D eigenvalue weighted by Gasteiger charge is -2.16. The topological polar surface area (TPSA) is 65.2 Å². The van der Waals surface area contributed by atoms with Crippen LogP contribution in [0.5, 0.6) is 11.5 Å². The molecule has 3 aromatic carbocycles. The van der Waals surface area contributed by atoms with Gasteiger partial charge in [0, 0.05) is 23.6 Å². The predicted molar refractivity (Wildman–Crippen MR) is 150 cm³/mol. The first-order chi connectivity index (χ1) is 17.9. The summed E-state index contributed by atoms with van der Waals surface area (Å²) >= 11 is 0. The normalized spacial score (nSPS) is 25.2. The summed E-state index contributed by atoms with van der Waals surface area (Å²) in [7, 11) is 0. The van der Waals surface area contributed by atoms with Crippen LogP contribution in [0.25, 0.3) is 0 Å². The highest BCUT2D eigenvalue weighted by Gasteiger charge is 2.38. The maximum absolute atomic E-state index is 10.7. The Kier molecular flexibility index (Phi) is 5.28. The highest BCUT2D eigenvalue weighted by atomic mass is 16.3. The van der Waals surface area contributed by atoms with E-state index < -0.39 is 0 Å². The zero-order chi connectivity index (χ0) is 25.3. The van der Waals surface area contributed by atoms with Gasteiger partial charge in [0.25, 0.3) is 0 Å². The Morgan fingerprint density at radius 1 is 0.649 bits per heavy atom. The number of phenols is 2. The van der Waals surface area contributed by atoms with Gasteiger partial charge >= 0.3 is 0 Å². The molecule has 4 aliphatic rings. The van der Waals surface area contributed by atoms with Crippen molar-refractivity contribution in [3.63, 3.8) is 0 Å². The summed E-state index contributed by atoms with van der Waals surface area (Å²) in [6.45, 7) is 4.34. The first-order valence-corrected chi connectivity index (χ1v) is 13.9. The molecule has 0 radical (unpaired) electrons. The van der Waals surface area contributed by atoms with Gasteiger partial charge in [-0.3, -0.25) is 9.98 Å². The fourth-order valence-corrected chi connectivity index (χ4v) is 7.38. The molecule has 2 saturated carbocycles. The molecule has 7 rings (SSSR count). The molecule has 2 N–H and O–H groups in total. The Morgan fingerprint density at radius 2 is 1.11 bits per heavy atom. The molecular formula is C33H34N2O2. The van der Waals surface area contributed by atoms with Crippen molar-refractivity contribution >= 4 is 23.8 Å². The first kappa shape index (κ1) is 22.8. The van der Waals surface area contributed by atoms with E-state index in [1.807, 2.05) is 18.2 Å². The van der Waals surface area contributed by atoms with E-state index in [9.17, 15) is 10.2 Å². The fourth-order valence-electron chi connectivity index (χ4n) is 7.38. The lowest BCUT2D eigenvalue weighted by Crippen LogP contribution is -1.99. The van der Waals surface area contributed by atoms with Crippen LogP contribution in [0.2, 0.25) is 0 Å². The molecular weight excluding hydrogens is 456 g/mol. The Morgan fingerprint density at radius 3 is 1.59 bits per heavy atom. The van der Waals surface area contributed by atoms with E-state index in [4.69, 9.17) is 9.98 Å². The number of hydrogen-bond acceptors (Lipinski definition) is 4. The first-order valence-electron chi connectivity index (χ1n) is 13.9. The molecule has 0 spiro atoms. The van der Waals surface area contributed by atoms with Crippen LogP contribution in [0.15, 0.2) is 52.4 Å². The molecule has 4 aliphatic carbocycles. The van der Waals surface area contributed by atoms with Crippen LogP contribution in [0, 0.1) is 0 Å². The van der Waals surface area contributed by atoms with Crippen molar-refractivity contribution in [2.75, 3.05) is 0 Å². The van der Waals surface area contributed by atoms with Crippen LogP contribution in [-0.4, -0.2) is 22.6 Å². The van der Waals surface area contributed by atoms with Gasteiger partial charge in [-0.05, 0) is 132 Å². The lowest BCUT2D eigenvalue weighted by molar-refractivity contribution is 0.472. The minimum Gasteiger partial charge on any atom is -0.507 e. The van der Waals surface area contributed by atoms with Crippen LogP contribution < -0.4 is 0 Å². The summed E-state index contributed by atoms with van der Waals surface area (Å²) in [5.74, 6) is 3.47. The van der Waals surface area contributed by atoms with E-state index in [-0.39, 0.29) is 0 Å². The van der Waals surface area contributed by atoms with Crippen LogP contribution in [0.3, 0.4) is 0 Å². The van der Waals surface area contributed by atoms with Gasteiger partial charge < -0.3 is 10.2 Å². The third-order valence-corrected chi connectivity index (χ3v) is 9.44. The predicted octanol–water partition coefficient (Wildman–Crippen LogP) is 8.45. The number of fused-ring (bicyclic) bond motifs is 10. The Labute approximate surface area is 218 Å². The molecule has 2 fully saturated rings. The van der Waals surface area contributed by atoms with Gasteiger partial charge in [0.15, 0.2) is 0 Å². The maximum atomic E-state index is 10.7. The largest absolute Gasteiger partial charge is 0.507 e. The highest BCUT2D eigenvalue weighted by molar-refractivity contribution is 5.90. The van der Waals surface area contributed by atoms with Gasteiger partial charge in [-0.1, -0.05) is 19.9 Å². The van der Waals surface area contributed by atoms with E-state index in [2.05, 4.69) is 38.1 Å². The molecule has 4 bridgehead atoms. The monoisotopic (exact) mass is 490 g/mol. The molecule has 4 unspecified atom stereocenters. The summed E-state index contributed by atoms with van der Waals surface area (Å²) in [6, 6.07) is 14.4. The molecule has 37 heavy (non-hydrogen) atoms. The minimum absolute atomic E-state index is 0.302. The number of phenolic OH excluding ortho intramolecular Hbond substituents is 2. The lowest BCUT2D eigenvalue weighted by atomic mass is 9.90. The molecule has 4 heteroatoms. The summed E-state index contributed by atoms with van der Waals surface area (Å²) in [5.41, 5.74) is 9.70. The molecule has 4 atom stereocenters. The van der Waals surface area contributed by atoms with Crippen LogP contribution >= 0.6 is 0 Å². The SMILES string of the molecule is CC(C)c1ccc(N=Cc2cc3c(cc2O)C2CCC3C2)c(N=Cc2cc3c(cc2O)C2CCC3C2)c1. The van der Waals surface area contributed by atoms with E-state index in [0.717, 1.165) is 22.5 Å². The summed E-state index contributed by atoms with van der Waals surface area (Å²) < 4.78 is 0. The molecule has 0 aliphatic heterocycles. The highest BCUT2D eigenvalue weighted by Crippen LogP contribution is 2.55. The average molecular weight is 491 g/mol. The van der Waals surface area contributed by atoms with Gasteiger partial charge in [0.05, 0.1) is 11.4 Å². The zero-order valence-electron chi connectivity index (χ0n) is 21.6. The van der Waals surface area contributed by atoms with Gasteiger partial charge in [-0.2, -0.15) is 0 Å². The number of aliphatic imine (C=N–C) groups is 2. The van der Waals surface area contributed by atoms with Gasteiger partial charge in [-0.15, -0.1) is 0 Å². The van der Waals surface area contributed by atoms with Crippen molar-refractivity contribution in [3.8, 4) is 11.5 Å². The maximum Gasteiger partial charge on any atom is 0.124 e. The Balaban J connectivity index is 1.22. The van der Waals surface area contributed by atoms with Crippen molar-refractivity contribution in [1.29, 1.82) is 0 Å². The third-order valence-electron chi connectivity index (χ3n) is 9.44. The number of rotatable bonds is 5. The minimum atomic E-state index is 0.302. The average Bonchev–Trinajstić information content (AvgIpc) is 3.68. The van der Waals surface area contributed by atoms with Crippen molar-refractivity contribution < 1.29 is 10.2 Å². The van der Waals surface area contributed by atoms with E-state index in [1.54, 1.807) is 12.4 Å². The van der Waals surface area contributed by atoms with Gasteiger partial charge in [0.1, 0.15) is 11.5 Å². The number of benzene rings is 3. The molecule has 188 valence electrons. The van der Waals surface area contributed by atoms with E-state index in [0.29, 0.717) is 41.1 Å². The Bertz CT molecular complexity index is 1470. The molecule has 0 amide bonds. The molecule has 4 nitrogen and oxygen atoms in total. The zero-order valence-corrected chi connectivity index (χ0v) is 21.6. The quantitative estimate of drug-likeness (QED) is 0.352. The third kappa shape index (κ3) is 3.80. The van der Waals surface area contributed by atoms with Gasteiger partial charge in [0.2, 0.25) is 0 Å². The van der Waals surface area contributed by atoms with Crippen molar-refractivity contribution in [2.24, 2.45) is 9.98 Å². The van der Waals surface area contributed by atoms with Crippen molar-refractivity contribution in [1.82, 2.24) is 0 Å². The summed E-state index contributed by atoms with van der Waals surface area (Å²) in [6.07, 6.45) is 11.0. The molecule has 3 aromatic rings. The second-order valence-electron chi connectivity index (χ2n) is 11.9. The second kappa shape index (κ2) is 8.58. The van der Waals surface area contributed by atoms with Gasteiger partial charge in [-0.25, -0.2) is 0 Å². The van der Waals surface area contributed by atoms with E-state index >= 15 is 0 Å². The van der Waals surface area contributed by atoms with Crippen LogP contribution in [0.1, 0.15) is 121 Å². The molecule has 0 heterocycles. The summed E-state index contributed by atoms with van der Waals surface area (Å²) in [5, 5.41) is 21.5. The number of hydrogen-bond donors (Lipinski definition) is 2. The summed E-state index contributed by atoms with van der Waals surface area (Å²) in [4.78, 5) is 9.62. The van der Waals surface area contributed by atoms with Crippen molar-refractivity contribution in [2.45, 2.75) is 82.0 Å². The fraction of sp³-hybridized carbons (Fsp3) is 0.394. The van der Waals surface area contributed by atoms with Crippen molar-refractivity contribution in [3.05, 3.63) is 81.4 Å². The number of aromatic hydroxyl groups is 2. The smallest absolute Gasteiger partial charge is 0.124 e. The standard InChI is InChI=1S/C33H34N2O2/c1-18(2)19-7-8-30(34-16-24-11-26-20-3-5-22(9-20)28(26)14-32(24)36)31(13-19)35-17-25-12-27-21-4-6-23(10-21)29(27)15-33(25)37/h7-8,11-18,20-23,36-37H,3-6,9-10H2,1-2H3. The molecule has 0 saturated heterocycles. The molecule has 0 aromatic heterocycles. The van der Waals surface area contributed by atoms with Crippen LogP contribution in [0.4, 0.5) is 11.4 Å². The second-order valence-corrected chi connectivity index (χ2v) is 11.9.